The van der Waals surface area contributed by atoms with Gasteiger partial charge in [-0.25, -0.2) is 19.9 Å². The van der Waals surface area contributed by atoms with E-state index in [1.165, 1.54) is 0 Å². The predicted octanol–water partition coefficient (Wildman–Crippen LogP) is 11.1. The Morgan fingerprint density at radius 3 is 0.878 bits per heavy atom. The number of rotatable bonds is 8. The van der Waals surface area contributed by atoms with E-state index in [4.69, 9.17) is 24.7 Å². The molecular weight excluding hydrogens is 601 g/mol. The minimum Gasteiger partial charge on any atom is -0.457 e. The van der Waals surface area contributed by atoms with Gasteiger partial charge in [0.25, 0.3) is 0 Å². The molecule has 0 radical (unpaired) electrons. The molecule has 0 N–H and O–H groups in total. The Kier molecular flexibility index (Phi) is 8.21. The van der Waals surface area contributed by atoms with Gasteiger partial charge in [-0.1, -0.05) is 121 Å². The third-order valence-corrected chi connectivity index (χ3v) is 8.19. The van der Waals surface area contributed by atoms with E-state index in [-0.39, 0.29) is 0 Å². The number of hydrogen-bond donors (Lipinski definition) is 0. The van der Waals surface area contributed by atoms with Crippen LogP contribution in [-0.4, -0.2) is 19.9 Å². The molecule has 0 aliphatic heterocycles. The van der Waals surface area contributed by atoms with E-state index in [1.807, 2.05) is 146 Å². The fraction of sp³-hybridized carbons (Fsp3) is 0. The van der Waals surface area contributed by atoms with Crippen molar-refractivity contribution in [1.82, 2.24) is 19.9 Å². The Morgan fingerprint density at radius 2 is 0.531 bits per heavy atom. The van der Waals surface area contributed by atoms with Gasteiger partial charge in [0.2, 0.25) is 0 Å². The van der Waals surface area contributed by atoms with Gasteiger partial charge >= 0.3 is 0 Å². The van der Waals surface area contributed by atoms with Crippen LogP contribution in [0.4, 0.5) is 0 Å². The van der Waals surface area contributed by atoms with Crippen LogP contribution in [0.25, 0.3) is 67.8 Å². The van der Waals surface area contributed by atoms with Gasteiger partial charge < -0.3 is 4.74 Å². The zero-order chi connectivity index (χ0) is 32.8. The second kappa shape index (κ2) is 13.6. The van der Waals surface area contributed by atoms with Crippen molar-refractivity contribution in [3.05, 3.63) is 182 Å². The lowest BCUT2D eigenvalue weighted by Crippen LogP contribution is -1.96. The van der Waals surface area contributed by atoms with E-state index in [0.29, 0.717) is 11.6 Å². The smallest absolute Gasteiger partial charge is 0.160 e. The van der Waals surface area contributed by atoms with E-state index in [2.05, 4.69) is 36.4 Å². The zero-order valence-corrected chi connectivity index (χ0v) is 26.5. The van der Waals surface area contributed by atoms with Gasteiger partial charge in [-0.3, -0.25) is 0 Å². The standard InChI is InChI=1S/C44H30N4O/c1-5-13-31(14-6-1)39-29-40(32-15-7-2-8-16-32)47-44(46-39)36-23-27-38(28-24-36)49-37-25-21-34(22-26-37)42-30-41(33-17-9-3-10-18-33)45-43(48-42)35-19-11-4-12-20-35/h1-30H. The number of hydrogen-bond acceptors (Lipinski definition) is 5. The summed E-state index contributed by atoms with van der Waals surface area (Å²) in [6.07, 6.45) is 0. The highest BCUT2D eigenvalue weighted by atomic mass is 16.5. The van der Waals surface area contributed by atoms with Gasteiger partial charge in [-0.05, 0) is 60.7 Å². The van der Waals surface area contributed by atoms with E-state index in [1.54, 1.807) is 0 Å². The van der Waals surface area contributed by atoms with Crippen molar-refractivity contribution in [2.24, 2.45) is 0 Å². The van der Waals surface area contributed by atoms with Crippen molar-refractivity contribution in [3.63, 3.8) is 0 Å². The second-order valence-electron chi connectivity index (χ2n) is 11.5. The highest BCUT2D eigenvalue weighted by molar-refractivity contribution is 5.73. The first kappa shape index (κ1) is 29.7. The second-order valence-corrected chi connectivity index (χ2v) is 11.5. The van der Waals surface area contributed by atoms with Gasteiger partial charge in [-0.15, -0.1) is 0 Å². The molecule has 0 atom stereocenters. The molecule has 0 fully saturated rings. The first-order valence-corrected chi connectivity index (χ1v) is 16.1. The van der Waals surface area contributed by atoms with Crippen molar-refractivity contribution in [1.29, 1.82) is 0 Å². The third kappa shape index (κ3) is 6.73. The average molecular weight is 631 g/mol. The highest BCUT2D eigenvalue weighted by Crippen LogP contribution is 2.32. The molecule has 0 saturated carbocycles. The molecule has 8 aromatic rings. The molecule has 0 spiro atoms. The van der Waals surface area contributed by atoms with Crippen molar-refractivity contribution in [2.45, 2.75) is 0 Å². The first-order valence-electron chi connectivity index (χ1n) is 16.1. The zero-order valence-electron chi connectivity index (χ0n) is 26.5. The lowest BCUT2D eigenvalue weighted by Gasteiger charge is -2.11. The molecule has 8 rings (SSSR count). The summed E-state index contributed by atoms with van der Waals surface area (Å²) in [5.41, 5.74) is 9.45. The summed E-state index contributed by atoms with van der Waals surface area (Å²) in [5.74, 6) is 2.79. The van der Waals surface area contributed by atoms with E-state index >= 15 is 0 Å². The monoisotopic (exact) mass is 630 g/mol. The molecule has 6 aromatic carbocycles. The Bertz CT molecular complexity index is 2030. The molecule has 5 heteroatoms. The van der Waals surface area contributed by atoms with Crippen LogP contribution in [0.15, 0.2) is 182 Å². The Hall–Kier alpha value is -6.72. The summed E-state index contributed by atoms with van der Waals surface area (Å²) in [4.78, 5) is 19.7. The molecule has 0 saturated heterocycles. The van der Waals surface area contributed by atoms with Crippen molar-refractivity contribution in [2.75, 3.05) is 0 Å². The molecule has 2 aromatic heterocycles. The molecule has 49 heavy (non-hydrogen) atoms. The molecule has 2 heterocycles. The molecular formula is C44H30N4O. The third-order valence-electron chi connectivity index (χ3n) is 8.19. The molecule has 5 nitrogen and oxygen atoms in total. The number of benzene rings is 6. The van der Waals surface area contributed by atoms with Crippen LogP contribution in [0, 0.1) is 0 Å². The van der Waals surface area contributed by atoms with Crippen molar-refractivity contribution >= 4 is 0 Å². The largest absolute Gasteiger partial charge is 0.457 e. The topological polar surface area (TPSA) is 60.8 Å². The van der Waals surface area contributed by atoms with Gasteiger partial charge in [0, 0.05) is 33.4 Å². The van der Waals surface area contributed by atoms with Crippen LogP contribution in [-0.2, 0) is 0 Å². The fourth-order valence-corrected chi connectivity index (χ4v) is 5.66. The molecule has 0 aliphatic carbocycles. The van der Waals surface area contributed by atoms with Crippen LogP contribution in [0.2, 0.25) is 0 Å². The normalized spacial score (nSPS) is 10.9. The lowest BCUT2D eigenvalue weighted by molar-refractivity contribution is 0.483. The number of ether oxygens (including phenoxy) is 1. The lowest BCUT2D eigenvalue weighted by atomic mass is 10.1. The summed E-state index contributed by atoms with van der Waals surface area (Å²) >= 11 is 0. The van der Waals surface area contributed by atoms with E-state index < -0.39 is 0 Å². The number of nitrogens with zero attached hydrogens (tertiary/aromatic N) is 4. The van der Waals surface area contributed by atoms with Gasteiger partial charge in [0.15, 0.2) is 11.6 Å². The van der Waals surface area contributed by atoms with Crippen molar-refractivity contribution < 1.29 is 4.74 Å². The SMILES string of the molecule is c1ccc(-c2cc(-c3ccc(Oc4ccc(-c5nc(-c6ccccc6)cc(-c6ccccc6)n5)cc4)cc3)nc(-c3ccccc3)n2)cc1. The summed E-state index contributed by atoms with van der Waals surface area (Å²) in [7, 11) is 0. The summed E-state index contributed by atoms with van der Waals surface area (Å²) in [6, 6.07) is 60.6. The highest BCUT2D eigenvalue weighted by Gasteiger charge is 2.13. The van der Waals surface area contributed by atoms with E-state index in [9.17, 15) is 0 Å². The van der Waals surface area contributed by atoms with Crippen LogP contribution >= 0.6 is 0 Å². The van der Waals surface area contributed by atoms with Gasteiger partial charge in [0.05, 0.1) is 22.8 Å². The molecule has 232 valence electrons. The average Bonchev–Trinajstić information content (AvgIpc) is 3.19. The molecule has 0 bridgehead atoms. The van der Waals surface area contributed by atoms with Crippen LogP contribution in [0.5, 0.6) is 11.5 Å². The molecule has 0 amide bonds. The Labute approximate surface area is 285 Å². The van der Waals surface area contributed by atoms with Crippen LogP contribution < -0.4 is 4.74 Å². The summed E-state index contributed by atoms with van der Waals surface area (Å²) in [5, 5.41) is 0. The summed E-state index contributed by atoms with van der Waals surface area (Å²) in [6.45, 7) is 0. The quantitative estimate of drug-likeness (QED) is 0.167. The predicted molar refractivity (Wildman–Crippen MR) is 197 cm³/mol. The van der Waals surface area contributed by atoms with E-state index in [0.717, 1.165) is 67.7 Å². The first-order chi connectivity index (χ1) is 24.2. The van der Waals surface area contributed by atoms with Gasteiger partial charge in [0.1, 0.15) is 11.5 Å². The van der Waals surface area contributed by atoms with Gasteiger partial charge in [-0.2, -0.15) is 0 Å². The van der Waals surface area contributed by atoms with Crippen LogP contribution in [0.3, 0.4) is 0 Å². The summed E-state index contributed by atoms with van der Waals surface area (Å²) < 4.78 is 6.26. The molecule has 0 aliphatic rings. The minimum atomic E-state index is 0.658. The fourth-order valence-electron chi connectivity index (χ4n) is 5.66. The van der Waals surface area contributed by atoms with Crippen molar-refractivity contribution in [3.8, 4) is 79.3 Å². The number of aromatic nitrogens is 4. The maximum atomic E-state index is 6.26. The molecule has 0 unspecified atom stereocenters. The Balaban J connectivity index is 1.06. The Morgan fingerprint density at radius 1 is 0.265 bits per heavy atom. The van der Waals surface area contributed by atoms with Crippen LogP contribution in [0.1, 0.15) is 0 Å². The minimum absolute atomic E-state index is 0.658. The maximum absolute atomic E-state index is 6.26. The maximum Gasteiger partial charge on any atom is 0.160 e.